The van der Waals surface area contributed by atoms with Gasteiger partial charge in [0.2, 0.25) is 0 Å². The zero-order chi connectivity index (χ0) is 11.7. The topological polar surface area (TPSA) is 50.9 Å². The Labute approximate surface area is 105 Å². The molecule has 0 fully saturated rings. The Morgan fingerprint density at radius 3 is 3.06 bits per heavy atom. The highest BCUT2D eigenvalue weighted by molar-refractivity contribution is 7.12. The molecule has 4 heteroatoms. The number of nitrogens with one attached hydrogen (secondary N) is 1. The first-order valence-electron chi connectivity index (χ1n) is 5.87. The van der Waals surface area contributed by atoms with Crippen LogP contribution in [-0.2, 0) is 19.4 Å². The number of aryl methyl sites for hydroxylation is 2. The van der Waals surface area contributed by atoms with E-state index in [0.717, 1.165) is 12.4 Å². The van der Waals surface area contributed by atoms with Crippen LogP contribution in [0.1, 0.15) is 21.7 Å². The fourth-order valence-electron chi connectivity index (χ4n) is 2.17. The molecule has 1 aliphatic carbocycles. The second-order valence-electron chi connectivity index (χ2n) is 4.35. The Hall–Kier alpha value is -1.55. The smallest absolute Gasteiger partial charge is 0.126 e. The molecule has 88 valence electrons. The van der Waals surface area contributed by atoms with Crippen LogP contribution in [0.15, 0.2) is 24.4 Å². The van der Waals surface area contributed by atoms with Gasteiger partial charge < -0.3 is 11.1 Å². The van der Waals surface area contributed by atoms with Crippen molar-refractivity contribution in [2.24, 2.45) is 0 Å². The van der Waals surface area contributed by atoms with Gasteiger partial charge in [-0.2, -0.15) is 0 Å². The lowest BCUT2D eigenvalue weighted by molar-refractivity contribution is 0.913. The van der Waals surface area contributed by atoms with Crippen LogP contribution < -0.4 is 11.1 Å². The summed E-state index contributed by atoms with van der Waals surface area (Å²) in [5.74, 6) is 0.882. The fourth-order valence-corrected chi connectivity index (χ4v) is 3.37. The second-order valence-corrected chi connectivity index (χ2v) is 5.57. The number of nitrogens with two attached hydrogens (primary N) is 1. The highest BCUT2D eigenvalue weighted by atomic mass is 32.1. The first-order chi connectivity index (χ1) is 8.31. The first kappa shape index (κ1) is 10.6. The quantitative estimate of drug-likeness (QED) is 0.874. The van der Waals surface area contributed by atoms with Crippen molar-refractivity contribution in [1.82, 2.24) is 4.98 Å². The van der Waals surface area contributed by atoms with E-state index in [1.807, 2.05) is 23.5 Å². The molecule has 0 aromatic carbocycles. The van der Waals surface area contributed by atoms with Crippen molar-refractivity contribution in [3.63, 3.8) is 0 Å². The normalized spacial score (nSPS) is 13.6. The van der Waals surface area contributed by atoms with Gasteiger partial charge in [0.1, 0.15) is 5.82 Å². The maximum absolute atomic E-state index is 5.59. The van der Waals surface area contributed by atoms with Gasteiger partial charge in [0.25, 0.3) is 0 Å². The summed E-state index contributed by atoms with van der Waals surface area (Å²) in [5, 5.41) is 3.32. The SMILES string of the molecule is Nc1ccc(NCc2cc3c(s2)CCC3)nc1. The molecule has 2 aromatic heterocycles. The molecule has 17 heavy (non-hydrogen) atoms. The van der Waals surface area contributed by atoms with E-state index < -0.39 is 0 Å². The van der Waals surface area contributed by atoms with Crippen LogP contribution in [0.5, 0.6) is 0 Å². The molecule has 3 N–H and O–H groups in total. The number of nitrogen functional groups attached to an aromatic ring is 1. The van der Waals surface area contributed by atoms with E-state index in [1.54, 1.807) is 16.6 Å². The van der Waals surface area contributed by atoms with Crippen LogP contribution in [0.3, 0.4) is 0 Å². The molecule has 0 aliphatic heterocycles. The number of pyridine rings is 1. The molecule has 0 saturated heterocycles. The molecule has 0 unspecified atom stereocenters. The molecular formula is C13H15N3S. The van der Waals surface area contributed by atoms with Crippen LogP contribution in [-0.4, -0.2) is 4.98 Å². The van der Waals surface area contributed by atoms with Crippen molar-refractivity contribution in [3.8, 4) is 0 Å². The van der Waals surface area contributed by atoms with Crippen LogP contribution in [0.25, 0.3) is 0 Å². The average Bonchev–Trinajstić information content (AvgIpc) is 2.88. The van der Waals surface area contributed by atoms with Gasteiger partial charge in [-0.05, 0) is 43.0 Å². The van der Waals surface area contributed by atoms with Crippen molar-refractivity contribution in [1.29, 1.82) is 0 Å². The summed E-state index contributed by atoms with van der Waals surface area (Å²) >= 11 is 1.93. The lowest BCUT2D eigenvalue weighted by Crippen LogP contribution is -2.00. The van der Waals surface area contributed by atoms with Crippen molar-refractivity contribution in [3.05, 3.63) is 39.7 Å². The summed E-state index contributed by atoms with van der Waals surface area (Å²) in [7, 11) is 0. The Morgan fingerprint density at radius 2 is 2.29 bits per heavy atom. The van der Waals surface area contributed by atoms with Gasteiger partial charge >= 0.3 is 0 Å². The predicted molar refractivity (Wildman–Crippen MR) is 72.3 cm³/mol. The van der Waals surface area contributed by atoms with E-state index in [1.165, 1.54) is 24.1 Å². The monoisotopic (exact) mass is 245 g/mol. The number of hydrogen-bond donors (Lipinski definition) is 2. The van der Waals surface area contributed by atoms with Crippen molar-refractivity contribution < 1.29 is 0 Å². The molecule has 0 saturated carbocycles. The van der Waals surface area contributed by atoms with E-state index in [-0.39, 0.29) is 0 Å². The number of aromatic nitrogens is 1. The van der Waals surface area contributed by atoms with Crippen LogP contribution in [0.2, 0.25) is 0 Å². The standard InChI is InChI=1S/C13H15N3S/c14-10-4-5-13(15-7-10)16-8-11-6-9-2-1-3-12(9)17-11/h4-7H,1-3,8,14H2,(H,15,16). The summed E-state index contributed by atoms with van der Waals surface area (Å²) in [6, 6.07) is 6.11. The summed E-state index contributed by atoms with van der Waals surface area (Å²) in [4.78, 5) is 7.20. The summed E-state index contributed by atoms with van der Waals surface area (Å²) in [6.07, 6.45) is 5.53. The molecule has 2 aromatic rings. The van der Waals surface area contributed by atoms with Crippen molar-refractivity contribution >= 4 is 22.8 Å². The highest BCUT2D eigenvalue weighted by Gasteiger charge is 2.14. The molecule has 0 amide bonds. The minimum absolute atomic E-state index is 0.700. The third-order valence-electron chi connectivity index (χ3n) is 3.03. The third kappa shape index (κ3) is 2.26. The Balaban J connectivity index is 1.65. The second kappa shape index (κ2) is 4.37. The maximum Gasteiger partial charge on any atom is 0.126 e. The van der Waals surface area contributed by atoms with Crippen molar-refractivity contribution in [2.45, 2.75) is 25.8 Å². The van der Waals surface area contributed by atoms with Crippen LogP contribution in [0, 0.1) is 0 Å². The van der Waals surface area contributed by atoms with Gasteiger partial charge in [-0.15, -0.1) is 11.3 Å². The number of rotatable bonds is 3. The predicted octanol–water partition coefficient (Wildman–Crippen LogP) is 2.83. The lowest BCUT2D eigenvalue weighted by Gasteiger charge is -2.03. The number of thiophene rings is 1. The van der Waals surface area contributed by atoms with Gasteiger partial charge in [-0.25, -0.2) is 4.98 Å². The van der Waals surface area contributed by atoms with Crippen LogP contribution in [0.4, 0.5) is 11.5 Å². The average molecular weight is 245 g/mol. The van der Waals surface area contributed by atoms with E-state index >= 15 is 0 Å². The van der Waals surface area contributed by atoms with E-state index in [2.05, 4.69) is 16.4 Å². The molecule has 2 heterocycles. The molecule has 3 rings (SSSR count). The van der Waals surface area contributed by atoms with E-state index in [0.29, 0.717) is 5.69 Å². The fraction of sp³-hybridized carbons (Fsp3) is 0.308. The summed E-state index contributed by atoms with van der Waals surface area (Å²) < 4.78 is 0. The zero-order valence-corrected chi connectivity index (χ0v) is 10.4. The molecule has 0 spiro atoms. The summed E-state index contributed by atoms with van der Waals surface area (Å²) in [5.41, 5.74) is 7.85. The molecular weight excluding hydrogens is 230 g/mol. The third-order valence-corrected chi connectivity index (χ3v) is 4.26. The molecule has 0 radical (unpaired) electrons. The Bertz CT molecular complexity index is 494. The minimum atomic E-state index is 0.700. The maximum atomic E-state index is 5.59. The first-order valence-corrected chi connectivity index (χ1v) is 6.69. The Morgan fingerprint density at radius 1 is 1.35 bits per heavy atom. The van der Waals surface area contributed by atoms with Gasteiger partial charge in [0, 0.05) is 9.75 Å². The molecule has 0 atom stereocenters. The zero-order valence-electron chi connectivity index (χ0n) is 9.57. The van der Waals surface area contributed by atoms with Gasteiger partial charge in [-0.1, -0.05) is 0 Å². The summed E-state index contributed by atoms with van der Waals surface area (Å²) in [6.45, 7) is 0.856. The minimum Gasteiger partial charge on any atom is -0.397 e. The van der Waals surface area contributed by atoms with Crippen molar-refractivity contribution in [2.75, 3.05) is 11.1 Å². The number of nitrogens with zero attached hydrogens (tertiary/aromatic N) is 1. The van der Waals surface area contributed by atoms with E-state index in [4.69, 9.17) is 5.73 Å². The largest absolute Gasteiger partial charge is 0.397 e. The van der Waals surface area contributed by atoms with E-state index in [9.17, 15) is 0 Å². The molecule has 0 bridgehead atoms. The lowest BCUT2D eigenvalue weighted by atomic mass is 10.2. The number of fused-ring (bicyclic) bond motifs is 1. The highest BCUT2D eigenvalue weighted by Crippen LogP contribution is 2.30. The van der Waals surface area contributed by atoms with Gasteiger partial charge in [-0.3, -0.25) is 0 Å². The van der Waals surface area contributed by atoms with Crippen LogP contribution >= 0.6 is 11.3 Å². The number of hydrogen-bond acceptors (Lipinski definition) is 4. The molecule has 3 nitrogen and oxygen atoms in total. The van der Waals surface area contributed by atoms with Gasteiger partial charge in [0.15, 0.2) is 0 Å². The Kier molecular flexibility index (Phi) is 2.73. The van der Waals surface area contributed by atoms with Gasteiger partial charge in [0.05, 0.1) is 18.4 Å². The number of anilines is 2. The molecule has 1 aliphatic rings.